The van der Waals surface area contributed by atoms with Gasteiger partial charge < -0.3 is 4.74 Å². The third kappa shape index (κ3) is 3.94. The number of piperazine rings is 1. The summed E-state index contributed by atoms with van der Waals surface area (Å²) in [6.07, 6.45) is 0. The molecule has 2 rings (SSSR count). The van der Waals surface area contributed by atoms with Gasteiger partial charge in [0.05, 0.1) is 11.5 Å². The minimum absolute atomic E-state index is 0.176. The zero-order valence-electron chi connectivity index (χ0n) is 14.7. The Hall–Kier alpha value is -0.950. The van der Waals surface area contributed by atoms with E-state index in [1.165, 1.54) is 0 Å². The van der Waals surface area contributed by atoms with Gasteiger partial charge in [-0.1, -0.05) is 6.07 Å². The molecule has 1 fully saturated rings. The van der Waals surface area contributed by atoms with Crippen molar-refractivity contribution < 1.29 is 13.2 Å². The Kier molecular flexibility index (Phi) is 5.84. The normalized spacial score (nSPS) is 24.0. The fraction of sp³-hybridized carbons (Fsp3) is 0.647. The Bertz CT molecular complexity index is 633. The minimum atomic E-state index is -3.44. The summed E-state index contributed by atoms with van der Waals surface area (Å²) in [6, 6.07) is 5.72. The van der Waals surface area contributed by atoms with Crippen LogP contribution in [-0.2, 0) is 14.8 Å². The van der Waals surface area contributed by atoms with E-state index in [9.17, 15) is 8.42 Å². The molecule has 0 saturated carbocycles. The van der Waals surface area contributed by atoms with Crippen molar-refractivity contribution in [1.82, 2.24) is 9.21 Å². The molecule has 1 saturated heterocycles. The molecular formula is C17H28N2O3S. The Morgan fingerprint density at radius 2 is 1.74 bits per heavy atom. The number of rotatable bonds is 5. The zero-order chi connectivity index (χ0) is 17.2. The quantitative estimate of drug-likeness (QED) is 0.823. The fourth-order valence-electron chi connectivity index (χ4n) is 3.17. The molecule has 23 heavy (non-hydrogen) atoms. The van der Waals surface area contributed by atoms with Crippen LogP contribution in [0.4, 0.5) is 0 Å². The summed E-state index contributed by atoms with van der Waals surface area (Å²) < 4.78 is 32.7. The summed E-state index contributed by atoms with van der Waals surface area (Å²) in [6.45, 7) is 10.6. The van der Waals surface area contributed by atoms with Crippen LogP contribution in [-0.4, -0.2) is 63.1 Å². The van der Waals surface area contributed by atoms with Crippen LogP contribution in [0.1, 0.15) is 25.0 Å². The maximum absolute atomic E-state index is 12.9. The molecule has 130 valence electrons. The molecule has 0 bridgehead atoms. The third-order valence-corrected chi connectivity index (χ3v) is 6.57. The van der Waals surface area contributed by atoms with Gasteiger partial charge in [-0.25, -0.2) is 8.42 Å². The highest BCUT2D eigenvalue weighted by molar-refractivity contribution is 7.89. The summed E-state index contributed by atoms with van der Waals surface area (Å²) in [5.41, 5.74) is 2.11. The van der Waals surface area contributed by atoms with E-state index in [1.807, 2.05) is 19.9 Å². The number of nitrogens with zero attached hydrogens (tertiary/aromatic N) is 2. The lowest BCUT2D eigenvalue weighted by Gasteiger charge is -2.43. The molecular weight excluding hydrogens is 312 g/mol. The van der Waals surface area contributed by atoms with Crippen LogP contribution >= 0.6 is 0 Å². The average molecular weight is 340 g/mol. The fourth-order valence-corrected chi connectivity index (χ4v) is 4.85. The number of ether oxygens (including phenoxy) is 1. The smallest absolute Gasteiger partial charge is 0.243 e. The number of methoxy groups -OCH3 is 1. The second kappa shape index (κ2) is 7.30. The molecule has 1 aliphatic rings. The lowest BCUT2D eigenvalue weighted by Crippen LogP contribution is -2.58. The molecule has 0 spiro atoms. The van der Waals surface area contributed by atoms with E-state index < -0.39 is 10.0 Å². The Balaban J connectivity index is 2.20. The molecule has 2 atom stereocenters. The highest BCUT2D eigenvalue weighted by Crippen LogP contribution is 2.24. The van der Waals surface area contributed by atoms with Gasteiger partial charge in [0, 0.05) is 38.8 Å². The Morgan fingerprint density at radius 1 is 1.13 bits per heavy atom. The van der Waals surface area contributed by atoms with Crippen LogP contribution in [0.3, 0.4) is 0 Å². The lowest BCUT2D eigenvalue weighted by atomic mass is 10.1. The van der Waals surface area contributed by atoms with Gasteiger partial charge >= 0.3 is 0 Å². The van der Waals surface area contributed by atoms with Crippen LogP contribution in [0.25, 0.3) is 0 Å². The maximum atomic E-state index is 12.9. The summed E-state index contributed by atoms with van der Waals surface area (Å²) in [5, 5.41) is 0. The molecule has 6 heteroatoms. The van der Waals surface area contributed by atoms with Crippen molar-refractivity contribution in [1.29, 1.82) is 0 Å². The highest BCUT2D eigenvalue weighted by Gasteiger charge is 2.35. The van der Waals surface area contributed by atoms with Crippen LogP contribution in [0.15, 0.2) is 23.1 Å². The van der Waals surface area contributed by atoms with E-state index in [0.29, 0.717) is 24.6 Å². The molecule has 1 heterocycles. The zero-order valence-corrected chi connectivity index (χ0v) is 15.6. The topological polar surface area (TPSA) is 49.9 Å². The van der Waals surface area contributed by atoms with Gasteiger partial charge in [0.25, 0.3) is 0 Å². The standard InChI is InChI=1S/C17H28N2O3S/c1-13-6-7-17(10-14(13)2)23(20,21)18-11-15(3)19(8-9-22-5)16(4)12-18/h6-7,10,15-16H,8-9,11-12H2,1-5H3. The molecule has 0 amide bonds. The lowest BCUT2D eigenvalue weighted by molar-refractivity contribution is 0.0496. The number of hydrogen-bond donors (Lipinski definition) is 0. The number of aryl methyl sites for hydroxylation is 2. The van der Waals surface area contributed by atoms with E-state index in [1.54, 1.807) is 23.5 Å². The van der Waals surface area contributed by atoms with Crippen LogP contribution < -0.4 is 0 Å². The second-order valence-corrected chi connectivity index (χ2v) is 8.43. The van der Waals surface area contributed by atoms with Gasteiger partial charge in [-0.05, 0) is 51.0 Å². The molecule has 1 aliphatic heterocycles. The first kappa shape index (κ1) is 18.4. The first-order chi connectivity index (χ1) is 10.8. The van der Waals surface area contributed by atoms with Crippen molar-refractivity contribution in [2.24, 2.45) is 0 Å². The second-order valence-electron chi connectivity index (χ2n) is 6.50. The largest absolute Gasteiger partial charge is 0.383 e. The number of sulfonamides is 1. The summed E-state index contributed by atoms with van der Waals surface area (Å²) in [4.78, 5) is 2.71. The van der Waals surface area contributed by atoms with E-state index >= 15 is 0 Å². The first-order valence-electron chi connectivity index (χ1n) is 8.09. The van der Waals surface area contributed by atoms with Crippen LogP contribution in [0.5, 0.6) is 0 Å². The van der Waals surface area contributed by atoms with Crippen molar-refractivity contribution in [2.45, 2.75) is 44.7 Å². The highest BCUT2D eigenvalue weighted by atomic mass is 32.2. The van der Waals surface area contributed by atoms with Crippen molar-refractivity contribution in [3.8, 4) is 0 Å². The monoisotopic (exact) mass is 340 g/mol. The van der Waals surface area contributed by atoms with Gasteiger partial charge in [0.2, 0.25) is 10.0 Å². The Morgan fingerprint density at radius 3 is 2.26 bits per heavy atom. The maximum Gasteiger partial charge on any atom is 0.243 e. The molecule has 0 aliphatic carbocycles. The summed E-state index contributed by atoms with van der Waals surface area (Å²) in [7, 11) is -1.75. The third-order valence-electron chi connectivity index (χ3n) is 4.74. The SMILES string of the molecule is COCCN1C(C)CN(S(=O)(=O)c2ccc(C)c(C)c2)CC1C. The van der Waals surface area contributed by atoms with Gasteiger partial charge in [0.15, 0.2) is 0 Å². The van der Waals surface area contributed by atoms with E-state index in [-0.39, 0.29) is 12.1 Å². The van der Waals surface area contributed by atoms with Crippen molar-refractivity contribution in [2.75, 3.05) is 33.4 Å². The van der Waals surface area contributed by atoms with Crippen molar-refractivity contribution in [3.63, 3.8) is 0 Å². The molecule has 0 radical (unpaired) electrons. The average Bonchev–Trinajstić information content (AvgIpc) is 2.49. The van der Waals surface area contributed by atoms with Gasteiger partial charge in [-0.15, -0.1) is 0 Å². The molecule has 0 aromatic heterocycles. The molecule has 1 aromatic carbocycles. The van der Waals surface area contributed by atoms with Gasteiger partial charge in [0.1, 0.15) is 0 Å². The van der Waals surface area contributed by atoms with Crippen LogP contribution in [0, 0.1) is 13.8 Å². The predicted molar refractivity (Wildman–Crippen MR) is 92.2 cm³/mol. The number of benzene rings is 1. The molecule has 5 nitrogen and oxygen atoms in total. The van der Waals surface area contributed by atoms with E-state index in [0.717, 1.165) is 17.7 Å². The minimum Gasteiger partial charge on any atom is -0.383 e. The van der Waals surface area contributed by atoms with E-state index in [2.05, 4.69) is 18.7 Å². The van der Waals surface area contributed by atoms with Crippen molar-refractivity contribution in [3.05, 3.63) is 29.3 Å². The molecule has 2 unspecified atom stereocenters. The Labute approximate surface area is 140 Å². The number of hydrogen-bond acceptors (Lipinski definition) is 4. The first-order valence-corrected chi connectivity index (χ1v) is 9.53. The summed E-state index contributed by atoms with van der Waals surface area (Å²) >= 11 is 0. The molecule has 0 N–H and O–H groups in total. The van der Waals surface area contributed by atoms with Gasteiger partial charge in [-0.3, -0.25) is 4.90 Å². The summed E-state index contributed by atoms with van der Waals surface area (Å²) in [5.74, 6) is 0. The predicted octanol–water partition coefficient (Wildman–Crippen LogP) is 2.03. The van der Waals surface area contributed by atoms with Gasteiger partial charge in [-0.2, -0.15) is 4.31 Å². The van der Waals surface area contributed by atoms with Crippen molar-refractivity contribution >= 4 is 10.0 Å². The van der Waals surface area contributed by atoms with E-state index in [4.69, 9.17) is 4.74 Å². The van der Waals surface area contributed by atoms with Crippen LogP contribution in [0.2, 0.25) is 0 Å². The molecule has 1 aromatic rings.